The third kappa shape index (κ3) is 3.13. The second kappa shape index (κ2) is 5.02. The summed E-state index contributed by atoms with van der Waals surface area (Å²) in [6.45, 7) is 0. The SMILES string of the molecule is COC(=O)Cc1ccc(Cl)nc1C(F)F. The van der Waals surface area contributed by atoms with Crippen molar-refractivity contribution in [3.05, 3.63) is 28.5 Å². The minimum absolute atomic E-state index is 0.0288. The highest BCUT2D eigenvalue weighted by atomic mass is 35.5. The maximum absolute atomic E-state index is 12.5. The predicted molar refractivity (Wildman–Crippen MR) is 49.9 cm³/mol. The van der Waals surface area contributed by atoms with Crippen LogP contribution in [0.5, 0.6) is 0 Å². The third-order valence-corrected chi connectivity index (χ3v) is 1.96. The van der Waals surface area contributed by atoms with Gasteiger partial charge in [0, 0.05) is 0 Å². The molecule has 0 atom stereocenters. The summed E-state index contributed by atoms with van der Waals surface area (Å²) in [5.41, 5.74) is -0.353. The largest absolute Gasteiger partial charge is 0.469 e. The summed E-state index contributed by atoms with van der Waals surface area (Å²) in [6, 6.07) is 2.69. The van der Waals surface area contributed by atoms with Crippen LogP contribution in [-0.2, 0) is 16.0 Å². The van der Waals surface area contributed by atoms with E-state index in [1.54, 1.807) is 0 Å². The molecule has 0 bridgehead atoms. The van der Waals surface area contributed by atoms with Gasteiger partial charge < -0.3 is 4.74 Å². The number of carbonyl (C=O) groups is 1. The Hall–Kier alpha value is -1.23. The molecule has 1 aromatic heterocycles. The number of hydrogen-bond donors (Lipinski definition) is 0. The van der Waals surface area contributed by atoms with E-state index < -0.39 is 18.1 Å². The lowest BCUT2D eigenvalue weighted by Gasteiger charge is -2.06. The first kappa shape index (κ1) is 11.8. The maximum Gasteiger partial charge on any atom is 0.310 e. The molecule has 1 aromatic rings. The van der Waals surface area contributed by atoms with Crippen LogP contribution in [0.15, 0.2) is 12.1 Å². The zero-order chi connectivity index (χ0) is 11.4. The number of carbonyl (C=O) groups excluding carboxylic acids is 1. The lowest BCUT2D eigenvalue weighted by Crippen LogP contribution is -2.08. The Bertz CT molecular complexity index is 371. The molecule has 82 valence electrons. The van der Waals surface area contributed by atoms with E-state index in [1.807, 2.05) is 0 Å². The van der Waals surface area contributed by atoms with Crippen molar-refractivity contribution in [2.24, 2.45) is 0 Å². The molecule has 0 radical (unpaired) electrons. The number of rotatable bonds is 3. The molecule has 0 aliphatic rings. The number of hydrogen-bond acceptors (Lipinski definition) is 3. The van der Waals surface area contributed by atoms with E-state index in [2.05, 4.69) is 9.72 Å². The van der Waals surface area contributed by atoms with Gasteiger partial charge in [0.1, 0.15) is 10.8 Å². The van der Waals surface area contributed by atoms with Gasteiger partial charge >= 0.3 is 5.97 Å². The number of halogens is 3. The topological polar surface area (TPSA) is 39.2 Å². The van der Waals surface area contributed by atoms with E-state index in [1.165, 1.54) is 19.2 Å². The van der Waals surface area contributed by atoms with Crippen LogP contribution in [0.2, 0.25) is 5.15 Å². The lowest BCUT2D eigenvalue weighted by atomic mass is 10.1. The fourth-order valence-corrected chi connectivity index (χ4v) is 1.20. The Morgan fingerprint density at radius 1 is 1.60 bits per heavy atom. The third-order valence-electron chi connectivity index (χ3n) is 1.75. The summed E-state index contributed by atoms with van der Waals surface area (Å²) in [5, 5.41) is -0.0288. The minimum atomic E-state index is -2.76. The van der Waals surface area contributed by atoms with Crippen molar-refractivity contribution >= 4 is 17.6 Å². The van der Waals surface area contributed by atoms with Crippen LogP contribution in [0.3, 0.4) is 0 Å². The van der Waals surface area contributed by atoms with Crippen LogP contribution in [-0.4, -0.2) is 18.1 Å². The van der Waals surface area contributed by atoms with E-state index in [0.717, 1.165) is 0 Å². The number of pyridine rings is 1. The predicted octanol–water partition coefficient (Wildman–Crippen LogP) is 2.39. The van der Waals surface area contributed by atoms with Gasteiger partial charge in [-0.3, -0.25) is 4.79 Å². The summed E-state index contributed by atoms with van der Waals surface area (Å²) in [7, 11) is 1.19. The Kier molecular flexibility index (Phi) is 3.96. The van der Waals surface area contributed by atoms with Crippen LogP contribution in [0, 0.1) is 0 Å². The second-order valence-electron chi connectivity index (χ2n) is 2.73. The highest BCUT2D eigenvalue weighted by Gasteiger charge is 2.17. The van der Waals surface area contributed by atoms with E-state index in [4.69, 9.17) is 11.6 Å². The van der Waals surface area contributed by atoms with Crippen LogP contribution in [0.25, 0.3) is 0 Å². The Balaban J connectivity index is 3.00. The fraction of sp³-hybridized carbons (Fsp3) is 0.333. The average Bonchev–Trinajstić information content (AvgIpc) is 2.20. The normalized spacial score (nSPS) is 10.5. The monoisotopic (exact) mass is 235 g/mol. The Morgan fingerprint density at radius 2 is 2.27 bits per heavy atom. The molecule has 0 N–H and O–H groups in total. The molecule has 0 fully saturated rings. The average molecular weight is 236 g/mol. The molecule has 6 heteroatoms. The smallest absolute Gasteiger partial charge is 0.310 e. The molecule has 3 nitrogen and oxygen atoms in total. The molecule has 1 heterocycles. The fourth-order valence-electron chi connectivity index (χ4n) is 1.04. The van der Waals surface area contributed by atoms with Crippen molar-refractivity contribution in [3.63, 3.8) is 0 Å². The molecule has 15 heavy (non-hydrogen) atoms. The molecule has 0 saturated heterocycles. The van der Waals surface area contributed by atoms with Crippen molar-refractivity contribution < 1.29 is 18.3 Å². The van der Waals surface area contributed by atoms with Crippen molar-refractivity contribution in [3.8, 4) is 0 Å². The number of alkyl halides is 2. The molecule has 0 amide bonds. The maximum atomic E-state index is 12.5. The first-order valence-corrected chi connectivity index (χ1v) is 4.42. The number of esters is 1. The number of nitrogens with zero attached hydrogens (tertiary/aromatic N) is 1. The Labute approximate surface area is 90.0 Å². The van der Waals surface area contributed by atoms with E-state index in [9.17, 15) is 13.6 Å². The van der Waals surface area contributed by atoms with Crippen LogP contribution < -0.4 is 0 Å². The summed E-state index contributed by atoms with van der Waals surface area (Å²) < 4.78 is 29.4. The zero-order valence-electron chi connectivity index (χ0n) is 7.84. The summed E-state index contributed by atoms with van der Waals surface area (Å²) in [4.78, 5) is 14.4. The van der Waals surface area contributed by atoms with Gasteiger partial charge in [0.25, 0.3) is 6.43 Å². The minimum Gasteiger partial charge on any atom is -0.469 e. The first-order chi connectivity index (χ1) is 7.04. The van der Waals surface area contributed by atoms with Crippen molar-refractivity contribution in [1.82, 2.24) is 4.98 Å². The van der Waals surface area contributed by atoms with Crippen LogP contribution >= 0.6 is 11.6 Å². The molecular formula is C9H8ClF2NO2. The molecule has 0 unspecified atom stereocenters. The van der Waals surface area contributed by atoms with Crippen molar-refractivity contribution in [1.29, 1.82) is 0 Å². The molecule has 0 aromatic carbocycles. The van der Waals surface area contributed by atoms with Crippen molar-refractivity contribution in [2.45, 2.75) is 12.8 Å². The molecule has 0 spiro atoms. The highest BCUT2D eigenvalue weighted by Crippen LogP contribution is 2.23. The van der Waals surface area contributed by atoms with Gasteiger partial charge in [-0.1, -0.05) is 17.7 Å². The zero-order valence-corrected chi connectivity index (χ0v) is 8.59. The number of methoxy groups -OCH3 is 1. The number of aromatic nitrogens is 1. The Morgan fingerprint density at radius 3 is 2.80 bits per heavy atom. The number of ether oxygens (including phenoxy) is 1. The molecule has 1 rings (SSSR count). The first-order valence-electron chi connectivity index (χ1n) is 4.05. The van der Waals surface area contributed by atoms with E-state index in [0.29, 0.717) is 0 Å². The van der Waals surface area contributed by atoms with Gasteiger partial charge in [0.05, 0.1) is 13.5 Å². The summed E-state index contributed by atoms with van der Waals surface area (Å²) in [6.07, 6.45) is -3.00. The van der Waals surface area contributed by atoms with Crippen LogP contribution in [0.1, 0.15) is 17.7 Å². The second-order valence-corrected chi connectivity index (χ2v) is 3.12. The van der Waals surface area contributed by atoms with Gasteiger partial charge in [-0.05, 0) is 11.6 Å². The summed E-state index contributed by atoms with van der Waals surface area (Å²) >= 11 is 5.47. The van der Waals surface area contributed by atoms with E-state index in [-0.39, 0.29) is 17.1 Å². The van der Waals surface area contributed by atoms with Gasteiger partial charge in [0.2, 0.25) is 0 Å². The molecular weight excluding hydrogens is 228 g/mol. The van der Waals surface area contributed by atoms with E-state index >= 15 is 0 Å². The molecule has 0 aliphatic heterocycles. The standard InChI is InChI=1S/C9H8ClF2NO2/c1-15-7(14)4-5-2-3-6(10)13-8(5)9(11)12/h2-3,9H,4H2,1H3. The van der Waals surface area contributed by atoms with Crippen molar-refractivity contribution in [2.75, 3.05) is 7.11 Å². The van der Waals surface area contributed by atoms with Crippen LogP contribution in [0.4, 0.5) is 8.78 Å². The lowest BCUT2D eigenvalue weighted by molar-refractivity contribution is -0.139. The molecule has 0 saturated carbocycles. The van der Waals surface area contributed by atoms with Gasteiger partial charge in [-0.2, -0.15) is 0 Å². The highest BCUT2D eigenvalue weighted by molar-refractivity contribution is 6.29. The van der Waals surface area contributed by atoms with Gasteiger partial charge in [-0.25, -0.2) is 13.8 Å². The summed E-state index contributed by atoms with van der Waals surface area (Å²) in [5.74, 6) is -0.596. The van der Waals surface area contributed by atoms with Gasteiger partial charge in [-0.15, -0.1) is 0 Å². The quantitative estimate of drug-likeness (QED) is 0.597. The van der Waals surface area contributed by atoms with Gasteiger partial charge in [0.15, 0.2) is 0 Å². The molecule has 0 aliphatic carbocycles.